The van der Waals surface area contributed by atoms with Crippen LogP contribution in [-0.2, 0) is 4.65 Å². The summed E-state index contributed by atoms with van der Waals surface area (Å²) in [7, 11) is 0.401. The van der Waals surface area contributed by atoms with Gasteiger partial charge >= 0.3 is 7.48 Å². The molecule has 0 heterocycles. The SMILES string of the molecule is CC(C)(O)C(C)(C)OBc1cccc(N(c2ccc(-c3ccccc3)cc2)c2ccc(-c3ccccc3)cc2)c1. The van der Waals surface area contributed by atoms with E-state index in [2.05, 4.69) is 126 Å². The lowest BCUT2D eigenvalue weighted by atomic mass is 9.82. The second-order valence-corrected chi connectivity index (χ2v) is 11.2. The molecule has 0 aliphatic heterocycles. The molecule has 40 heavy (non-hydrogen) atoms. The first kappa shape index (κ1) is 27.5. The Hall–Kier alpha value is -4.12. The van der Waals surface area contributed by atoms with Crippen LogP contribution < -0.4 is 10.4 Å². The molecule has 0 aliphatic rings. The van der Waals surface area contributed by atoms with Gasteiger partial charge in [-0.3, -0.25) is 0 Å². The average Bonchev–Trinajstić information content (AvgIpc) is 2.98. The van der Waals surface area contributed by atoms with Crippen molar-refractivity contribution in [2.75, 3.05) is 4.90 Å². The van der Waals surface area contributed by atoms with Crippen molar-refractivity contribution in [2.45, 2.75) is 38.9 Å². The van der Waals surface area contributed by atoms with Crippen molar-refractivity contribution in [2.24, 2.45) is 0 Å². The van der Waals surface area contributed by atoms with Crippen LogP contribution in [0.25, 0.3) is 22.3 Å². The minimum absolute atomic E-state index is 0.401. The highest BCUT2D eigenvalue weighted by Crippen LogP contribution is 2.36. The van der Waals surface area contributed by atoms with Gasteiger partial charge in [0.25, 0.3) is 0 Å². The van der Waals surface area contributed by atoms with E-state index < -0.39 is 11.2 Å². The predicted molar refractivity (Wildman–Crippen MR) is 170 cm³/mol. The summed E-state index contributed by atoms with van der Waals surface area (Å²) in [5.41, 5.74) is 7.33. The van der Waals surface area contributed by atoms with Crippen LogP contribution in [0.2, 0.25) is 0 Å². The van der Waals surface area contributed by atoms with Gasteiger partial charge in [0.15, 0.2) is 0 Å². The lowest BCUT2D eigenvalue weighted by molar-refractivity contribution is -0.0893. The first-order chi connectivity index (χ1) is 19.2. The van der Waals surface area contributed by atoms with Gasteiger partial charge in [0.1, 0.15) is 0 Å². The number of benzene rings is 5. The number of hydrogen-bond donors (Lipinski definition) is 1. The van der Waals surface area contributed by atoms with Crippen molar-refractivity contribution in [1.29, 1.82) is 0 Å². The topological polar surface area (TPSA) is 32.7 Å². The summed E-state index contributed by atoms with van der Waals surface area (Å²) >= 11 is 0. The van der Waals surface area contributed by atoms with Crippen LogP contribution in [0.5, 0.6) is 0 Å². The summed E-state index contributed by atoms with van der Waals surface area (Å²) in [5, 5.41) is 10.5. The normalized spacial score (nSPS) is 11.7. The molecule has 200 valence electrons. The maximum atomic E-state index is 10.5. The number of hydrogen-bond acceptors (Lipinski definition) is 3. The van der Waals surface area contributed by atoms with E-state index in [0.717, 1.165) is 22.5 Å². The molecule has 1 N–H and O–H groups in total. The highest BCUT2D eigenvalue weighted by Gasteiger charge is 2.35. The molecule has 5 aromatic carbocycles. The number of aliphatic hydroxyl groups is 1. The van der Waals surface area contributed by atoms with Crippen LogP contribution >= 0.6 is 0 Å². The Labute approximate surface area is 239 Å². The van der Waals surface area contributed by atoms with Crippen molar-refractivity contribution < 1.29 is 9.76 Å². The third-order valence-electron chi connectivity index (χ3n) is 7.71. The average molecular weight is 526 g/mol. The fourth-order valence-electron chi connectivity index (χ4n) is 4.54. The van der Waals surface area contributed by atoms with Crippen LogP contribution in [0, 0.1) is 0 Å². The molecule has 5 rings (SSSR count). The molecule has 0 spiro atoms. The van der Waals surface area contributed by atoms with E-state index in [1.807, 2.05) is 26.0 Å². The standard InChI is InChI=1S/C36H36BNO2/c1-35(2,39)36(3,4)40-37-31-16-11-17-34(26-31)38(32-22-18-29(19-23-32)27-12-7-5-8-13-27)33-24-20-30(21-25-33)28-14-9-6-10-15-28/h5-26,37,39H,1-4H3. The van der Waals surface area contributed by atoms with Gasteiger partial charge in [-0.2, -0.15) is 0 Å². The van der Waals surface area contributed by atoms with Crippen molar-refractivity contribution in [3.05, 3.63) is 133 Å². The van der Waals surface area contributed by atoms with E-state index in [0.29, 0.717) is 7.48 Å². The largest absolute Gasteiger partial charge is 0.427 e. The number of anilines is 3. The minimum atomic E-state index is -0.961. The van der Waals surface area contributed by atoms with E-state index >= 15 is 0 Å². The van der Waals surface area contributed by atoms with Gasteiger partial charge in [-0.15, -0.1) is 0 Å². The molecule has 0 unspecified atom stereocenters. The predicted octanol–water partition coefficient (Wildman–Crippen LogP) is 8.03. The lowest BCUT2D eigenvalue weighted by Crippen LogP contribution is -2.49. The lowest BCUT2D eigenvalue weighted by Gasteiger charge is -2.37. The Balaban J connectivity index is 1.50. The van der Waals surface area contributed by atoms with Gasteiger partial charge in [-0.1, -0.05) is 103 Å². The molecule has 5 aromatic rings. The second-order valence-electron chi connectivity index (χ2n) is 11.2. The number of nitrogens with zero attached hydrogens (tertiary/aromatic N) is 1. The Morgan fingerprint density at radius 2 is 0.975 bits per heavy atom. The van der Waals surface area contributed by atoms with Gasteiger partial charge < -0.3 is 14.7 Å². The Kier molecular flexibility index (Phi) is 7.93. The minimum Gasteiger partial charge on any atom is -0.427 e. The van der Waals surface area contributed by atoms with Gasteiger partial charge in [-0.05, 0) is 86.3 Å². The van der Waals surface area contributed by atoms with Crippen LogP contribution in [0.1, 0.15) is 27.7 Å². The van der Waals surface area contributed by atoms with E-state index in [1.165, 1.54) is 22.3 Å². The first-order valence-corrected chi connectivity index (χ1v) is 13.8. The summed E-state index contributed by atoms with van der Waals surface area (Å²) in [6.45, 7) is 7.41. The summed E-state index contributed by atoms with van der Waals surface area (Å²) < 4.78 is 6.19. The van der Waals surface area contributed by atoms with Gasteiger partial charge in [0.2, 0.25) is 0 Å². The second kappa shape index (κ2) is 11.6. The Morgan fingerprint density at radius 1 is 0.525 bits per heavy atom. The van der Waals surface area contributed by atoms with Gasteiger partial charge in [0.05, 0.1) is 11.2 Å². The fraction of sp³-hybridized carbons (Fsp3) is 0.167. The molecule has 0 aliphatic carbocycles. The monoisotopic (exact) mass is 525 g/mol. The summed E-state index contributed by atoms with van der Waals surface area (Å²) in [4.78, 5) is 2.27. The molecule has 0 saturated heterocycles. The smallest absolute Gasteiger partial charge is 0.309 e. The molecule has 0 fully saturated rings. The van der Waals surface area contributed by atoms with E-state index in [1.54, 1.807) is 13.8 Å². The zero-order valence-corrected chi connectivity index (χ0v) is 23.7. The van der Waals surface area contributed by atoms with E-state index in [9.17, 15) is 5.11 Å². The molecule has 0 saturated carbocycles. The highest BCUT2D eigenvalue weighted by molar-refractivity contribution is 6.47. The molecule has 0 radical (unpaired) electrons. The molecule has 0 amide bonds. The van der Waals surface area contributed by atoms with Crippen LogP contribution in [0.3, 0.4) is 0 Å². The zero-order valence-electron chi connectivity index (χ0n) is 23.7. The number of rotatable bonds is 9. The van der Waals surface area contributed by atoms with Crippen LogP contribution in [-0.4, -0.2) is 23.8 Å². The molecule has 0 aromatic heterocycles. The molecular formula is C36H36BNO2. The van der Waals surface area contributed by atoms with Crippen molar-refractivity contribution in [1.82, 2.24) is 0 Å². The molecule has 3 nitrogen and oxygen atoms in total. The Morgan fingerprint density at radius 3 is 1.43 bits per heavy atom. The summed E-state index contributed by atoms with van der Waals surface area (Å²) in [6, 6.07) is 46.7. The Bertz CT molecular complexity index is 1440. The van der Waals surface area contributed by atoms with Crippen molar-refractivity contribution in [3.63, 3.8) is 0 Å². The molecule has 4 heteroatoms. The fourth-order valence-corrected chi connectivity index (χ4v) is 4.54. The molecule has 0 atom stereocenters. The van der Waals surface area contributed by atoms with Crippen molar-refractivity contribution >= 4 is 30.0 Å². The summed E-state index contributed by atoms with van der Waals surface area (Å²) in [5.74, 6) is 0. The third kappa shape index (κ3) is 6.20. The highest BCUT2D eigenvalue weighted by atomic mass is 16.5. The maximum absolute atomic E-state index is 10.5. The van der Waals surface area contributed by atoms with Crippen LogP contribution in [0.15, 0.2) is 133 Å². The zero-order chi connectivity index (χ0) is 28.2. The third-order valence-corrected chi connectivity index (χ3v) is 7.71. The molecular weight excluding hydrogens is 489 g/mol. The molecule has 0 bridgehead atoms. The summed E-state index contributed by atoms with van der Waals surface area (Å²) in [6.07, 6.45) is 0. The van der Waals surface area contributed by atoms with E-state index in [4.69, 9.17) is 4.65 Å². The first-order valence-electron chi connectivity index (χ1n) is 13.8. The van der Waals surface area contributed by atoms with Crippen molar-refractivity contribution in [3.8, 4) is 22.3 Å². The van der Waals surface area contributed by atoms with Crippen LogP contribution in [0.4, 0.5) is 17.1 Å². The van der Waals surface area contributed by atoms with Gasteiger partial charge in [0, 0.05) is 17.1 Å². The quantitative estimate of drug-likeness (QED) is 0.198. The van der Waals surface area contributed by atoms with Gasteiger partial charge in [-0.25, -0.2) is 0 Å². The maximum Gasteiger partial charge on any atom is 0.309 e. The van der Waals surface area contributed by atoms with E-state index in [-0.39, 0.29) is 0 Å².